The van der Waals surface area contributed by atoms with Crippen molar-refractivity contribution in [3.63, 3.8) is 0 Å². The molecule has 5 heteroatoms. The lowest BCUT2D eigenvalue weighted by molar-refractivity contribution is -0.122. The van der Waals surface area contributed by atoms with Crippen molar-refractivity contribution in [3.05, 3.63) is 59.9 Å². The molecule has 2 aromatic carbocycles. The number of ether oxygens (including phenoxy) is 1. The molecule has 170 valence electrons. The first-order chi connectivity index (χ1) is 15.7. The number of fused-ring (bicyclic) bond motifs is 1. The van der Waals surface area contributed by atoms with Crippen LogP contribution >= 0.6 is 0 Å². The lowest BCUT2D eigenvalue weighted by Crippen LogP contribution is -2.25. The third kappa shape index (κ3) is 6.35. The molecule has 1 aliphatic carbocycles. The highest BCUT2D eigenvalue weighted by Gasteiger charge is 2.28. The standard InChI is InChI=1S/C27H35N3O2/c1-21-10-9-11-23(20-21)32-19-8-7-18-30-25-13-5-4-12-24(25)29-26(30)14-3-2-6-17-28-27(31)22-15-16-22/h4-5,9-13,20,22H,2-3,6-8,14-19H2,1H3,(H,28,31). The average molecular weight is 434 g/mol. The van der Waals surface area contributed by atoms with E-state index in [1.807, 2.05) is 12.1 Å². The van der Waals surface area contributed by atoms with E-state index in [-0.39, 0.29) is 5.91 Å². The second-order valence-corrected chi connectivity index (χ2v) is 8.92. The number of para-hydroxylation sites is 2. The van der Waals surface area contributed by atoms with E-state index >= 15 is 0 Å². The highest BCUT2D eigenvalue weighted by atomic mass is 16.5. The van der Waals surface area contributed by atoms with Crippen LogP contribution in [-0.2, 0) is 17.8 Å². The first-order valence-corrected chi connectivity index (χ1v) is 12.1. The number of unbranched alkanes of at least 4 members (excludes halogenated alkanes) is 3. The number of rotatable bonds is 13. The SMILES string of the molecule is Cc1cccc(OCCCCn2c(CCCCCNC(=O)C3CC3)nc3ccccc32)c1. The molecule has 1 heterocycles. The maximum Gasteiger partial charge on any atom is 0.223 e. The van der Waals surface area contributed by atoms with Crippen molar-refractivity contribution in [1.29, 1.82) is 0 Å². The van der Waals surface area contributed by atoms with Gasteiger partial charge in [0.15, 0.2) is 0 Å². The van der Waals surface area contributed by atoms with E-state index in [1.165, 1.54) is 16.9 Å². The Bertz CT molecular complexity index is 1020. The zero-order valence-corrected chi connectivity index (χ0v) is 19.2. The average Bonchev–Trinajstić information content (AvgIpc) is 3.59. The number of hydrogen-bond acceptors (Lipinski definition) is 3. The van der Waals surface area contributed by atoms with Crippen LogP contribution in [0.1, 0.15) is 56.3 Å². The molecule has 0 bridgehead atoms. The molecular weight excluding hydrogens is 398 g/mol. The van der Waals surface area contributed by atoms with Gasteiger partial charge in [0.1, 0.15) is 11.6 Å². The largest absolute Gasteiger partial charge is 0.494 e. The Kier molecular flexibility index (Phi) is 7.81. The molecule has 1 amide bonds. The lowest BCUT2D eigenvalue weighted by atomic mass is 10.2. The van der Waals surface area contributed by atoms with Crippen molar-refractivity contribution in [2.24, 2.45) is 5.92 Å². The third-order valence-corrected chi connectivity index (χ3v) is 6.09. The van der Waals surface area contributed by atoms with Gasteiger partial charge in [-0.05, 0) is 75.3 Å². The number of hydrogen-bond donors (Lipinski definition) is 1. The minimum Gasteiger partial charge on any atom is -0.494 e. The monoisotopic (exact) mass is 433 g/mol. The van der Waals surface area contributed by atoms with Gasteiger partial charge >= 0.3 is 0 Å². The summed E-state index contributed by atoms with van der Waals surface area (Å²) < 4.78 is 8.29. The quantitative estimate of drug-likeness (QED) is 0.365. The first kappa shape index (κ1) is 22.4. The minimum atomic E-state index is 0.248. The number of aryl methyl sites for hydroxylation is 3. The van der Waals surface area contributed by atoms with Gasteiger partial charge in [-0.15, -0.1) is 0 Å². The molecule has 5 nitrogen and oxygen atoms in total. The molecular formula is C27H35N3O2. The zero-order valence-electron chi connectivity index (χ0n) is 19.2. The summed E-state index contributed by atoms with van der Waals surface area (Å²) in [6.45, 7) is 4.58. The van der Waals surface area contributed by atoms with Gasteiger partial charge in [0.2, 0.25) is 5.91 Å². The highest BCUT2D eigenvalue weighted by molar-refractivity contribution is 5.80. The molecule has 0 spiro atoms. The number of nitrogens with one attached hydrogen (secondary N) is 1. The maximum atomic E-state index is 11.7. The van der Waals surface area contributed by atoms with Crippen molar-refractivity contribution >= 4 is 16.9 Å². The van der Waals surface area contributed by atoms with E-state index in [0.717, 1.165) is 82.3 Å². The van der Waals surface area contributed by atoms with Crippen molar-refractivity contribution in [2.75, 3.05) is 13.2 Å². The first-order valence-electron chi connectivity index (χ1n) is 12.1. The second-order valence-electron chi connectivity index (χ2n) is 8.92. The van der Waals surface area contributed by atoms with Crippen molar-refractivity contribution in [1.82, 2.24) is 14.9 Å². The van der Waals surface area contributed by atoms with Gasteiger partial charge in [-0.3, -0.25) is 4.79 Å². The summed E-state index contributed by atoms with van der Waals surface area (Å²) in [6, 6.07) is 16.6. The van der Waals surface area contributed by atoms with E-state index < -0.39 is 0 Å². The van der Waals surface area contributed by atoms with Crippen molar-refractivity contribution in [2.45, 2.75) is 64.8 Å². The van der Waals surface area contributed by atoms with Gasteiger partial charge in [-0.25, -0.2) is 4.98 Å². The van der Waals surface area contributed by atoms with Crippen LogP contribution in [0.4, 0.5) is 0 Å². The molecule has 0 aliphatic heterocycles. The van der Waals surface area contributed by atoms with Crippen LogP contribution in [0.5, 0.6) is 5.75 Å². The summed E-state index contributed by atoms with van der Waals surface area (Å²) >= 11 is 0. The Hall–Kier alpha value is -2.82. The van der Waals surface area contributed by atoms with E-state index in [0.29, 0.717) is 5.92 Å². The van der Waals surface area contributed by atoms with Gasteiger partial charge in [-0.2, -0.15) is 0 Å². The summed E-state index contributed by atoms with van der Waals surface area (Å²) in [5, 5.41) is 3.06. The molecule has 0 atom stereocenters. The smallest absolute Gasteiger partial charge is 0.223 e. The highest BCUT2D eigenvalue weighted by Crippen LogP contribution is 2.28. The number of carbonyl (C=O) groups is 1. The predicted molar refractivity (Wildman–Crippen MR) is 129 cm³/mol. The van der Waals surface area contributed by atoms with Crippen LogP contribution in [0.2, 0.25) is 0 Å². The molecule has 32 heavy (non-hydrogen) atoms. The van der Waals surface area contributed by atoms with E-state index in [9.17, 15) is 4.79 Å². The van der Waals surface area contributed by atoms with Gasteiger partial charge in [-0.1, -0.05) is 30.7 Å². The fourth-order valence-electron chi connectivity index (χ4n) is 4.12. The second kappa shape index (κ2) is 11.2. The van der Waals surface area contributed by atoms with Crippen molar-refractivity contribution in [3.8, 4) is 5.75 Å². The van der Waals surface area contributed by atoms with Crippen LogP contribution in [0.15, 0.2) is 48.5 Å². The fraction of sp³-hybridized carbons (Fsp3) is 0.481. The molecule has 0 unspecified atom stereocenters. The Balaban J connectivity index is 1.23. The Morgan fingerprint density at radius 1 is 1.06 bits per heavy atom. The van der Waals surface area contributed by atoms with Crippen LogP contribution in [0.3, 0.4) is 0 Å². The van der Waals surface area contributed by atoms with Crippen molar-refractivity contribution < 1.29 is 9.53 Å². The number of nitrogens with zero attached hydrogens (tertiary/aromatic N) is 2. The fourth-order valence-corrected chi connectivity index (χ4v) is 4.12. The molecule has 0 radical (unpaired) electrons. The Morgan fingerprint density at radius 3 is 2.78 bits per heavy atom. The number of amides is 1. The molecule has 4 rings (SSSR count). The van der Waals surface area contributed by atoms with Gasteiger partial charge in [0, 0.05) is 25.4 Å². The van der Waals surface area contributed by atoms with Gasteiger partial charge < -0.3 is 14.6 Å². The summed E-state index contributed by atoms with van der Waals surface area (Å²) in [5.74, 6) is 2.68. The van der Waals surface area contributed by atoms with Crippen LogP contribution in [0.25, 0.3) is 11.0 Å². The topological polar surface area (TPSA) is 56.1 Å². The third-order valence-electron chi connectivity index (χ3n) is 6.09. The van der Waals surface area contributed by atoms with Crippen LogP contribution in [0, 0.1) is 12.8 Å². The molecule has 3 aromatic rings. The molecule has 1 saturated carbocycles. The summed E-state index contributed by atoms with van der Waals surface area (Å²) in [5.41, 5.74) is 3.52. The Morgan fingerprint density at radius 2 is 1.94 bits per heavy atom. The van der Waals surface area contributed by atoms with E-state index in [4.69, 9.17) is 9.72 Å². The maximum absolute atomic E-state index is 11.7. The molecule has 1 aliphatic rings. The zero-order chi connectivity index (χ0) is 22.2. The van der Waals surface area contributed by atoms with Gasteiger partial charge in [0.05, 0.1) is 17.6 Å². The normalized spacial score (nSPS) is 13.4. The van der Waals surface area contributed by atoms with E-state index in [2.05, 4.69) is 53.2 Å². The molecule has 0 saturated heterocycles. The number of imidazole rings is 1. The predicted octanol–water partition coefficient (Wildman–Crippen LogP) is 5.44. The van der Waals surface area contributed by atoms with Crippen LogP contribution in [-0.4, -0.2) is 28.6 Å². The lowest BCUT2D eigenvalue weighted by Gasteiger charge is -2.11. The molecule has 1 fully saturated rings. The van der Waals surface area contributed by atoms with Crippen LogP contribution < -0.4 is 10.1 Å². The summed E-state index contributed by atoms with van der Waals surface area (Å²) in [4.78, 5) is 16.6. The number of carbonyl (C=O) groups excluding carboxylic acids is 1. The summed E-state index contributed by atoms with van der Waals surface area (Å²) in [7, 11) is 0. The van der Waals surface area contributed by atoms with E-state index in [1.54, 1.807) is 0 Å². The Labute approximate surface area is 191 Å². The number of benzene rings is 2. The molecule has 1 N–H and O–H groups in total. The number of aromatic nitrogens is 2. The minimum absolute atomic E-state index is 0.248. The molecule has 1 aromatic heterocycles. The summed E-state index contributed by atoms with van der Waals surface area (Å²) in [6.07, 6.45) is 8.44. The van der Waals surface area contributed by atoms with Gasteiger partial charge in [0.25, 0.3) is 0 Å².